The average Bonchev–Trinajstić information content (AvgIpc) is 1.79. The molecule has 14 heavy (non-hydrogen) atoms. The Labute approximate surface area is 103 Å². The molecule has 0 saturated heterocycles. The molecule has 0 bridgehead atoms. The molecule has 0 saturated carbocycles. The van der Waals surface area contributed by atoms with Gasteiger partial charge in [0, 0.05) is 0 Å². The van der Waals surface area contributed by atoms with Crippen LogP contribution < -0.4 is 0 Å². The van der Waals surface area contributed by atoms with Crippen molar-refractivity contribution in [3.05, 3.63) is 0 Å². The topological polar surface area (TPSA) is 35.5 Å². The molecule has 0 rings (SSSR count). The van der Waals surface area contributed by atoms with Crippen LogP contribution in [0, 0.1) is 0 Å². The molecular formula is C7H10Cl4O3. The first-order valence-corrected chi connectivity index (χ1v) is 5.25. The molecule has 0 unspecified atom stereocenters. The van der Waals surface area contributed by atoms with E-state index < -0.39 is 21.1 Å². The largest absolute Gasteiger partial charge is 0.511 e. The van der Waals surface area contributed by atoms with Crippen LogP contribution in [0.25, 0.3) is 0 Å². The van der Waals surface area contributed by atoms with Gasteiger partial charge in [-0.05, 0) is 20.8 Å². The van der Waals surface area contributed by atoms with Gasteiger partial charge in [0.15, 0.2) is 4.84 Å². The minimum atomic E-state index is -2.01. The van der Waals surface area contributed by atoms with E-state index in [1.54, 1.807) is 20.8 Å². The van der Waals surface area contributed by atoms with Crippen molar-refractivity contribution in [1.29, 1.82) is 0 Å². The fourth-order valence-corrected chi connectivity index (χ4v) is 0.642. The van der Waals surface area contributed by atoms with Gasteiger partial charge < -0.3 is 9.47 Å². The van der Waals surface area contributed by atoms with Crippen molar-refractivity contribution in [2.75, 3.05) is 0 Å². The molecule has 0 aliphatic rings. The monoisotopic (exact) mass is 282 g/mol. The minimum Gasteiger partial charge on any atom is -0.428 e. The van der Waals surface area contributed by atoms with E-state index in [-0.39, 0.29) is 0 Å². The smallest absolute Gasteiger partial charge is 0.428 e. The predicted octanol–water partition coefficient (Wildman–Crippen LogP) is 3.87. The van der Waals surface area contributed by atoms with Crippen molar-refractivity contribution in [2.45, 2.75) is 35.7 Å². The van der Waals surface area contributed by atoms with Crippen molar-refractivity contribution < 1.29 is 14.3 Å². The Hall–Kier alpha value is 0.430. The standard InChI is InChI=1S/C7H10Cl4O3/c1-6(2,3)13-5(12)14-7(10,11)4(8)9/h4H,1-3H3. The Morgan fingerprint density at radius 2 is 1.57 bits per heavy atom. The summed E-state index contributed by atoms with van der Waals surface area (Å²) in [6.07, 6.45) is -1.03. The first kappa shape index (κ1) is 14.4. The zero-order valence-corrected chi connectivity index (χ0v) is 10.8. The molecule has 0 N–H and O–H groups in total. The van der Waals surface area contributed by atoms with E-state index in [0.29, 0.717) is 0 Å². The molecule has 0 aliphatic heterocycles. The highest BCUT2D eigenvalue weighted by molar-refractivity contribution is 6.59. The van der Waals surface area contributed by atoms with Gasteiger partial charge in [0.05, 0.1) is 0 Å². The maximum atomic E-state index is 11.0. The van der Waals surface area contributed by atoms with Crippen LogP contribution in [0.3, 0.4) is 0 Å². The first-order valence-electron chi connectivity index (χ1n) is 3.62. The molecule has 0 amide bonds. The van der Waals surface area contributed by atoms with Gasteiger partial charge in [-0.2, -0.15) is 0 Å². The van der Waals surface area contributed by atoms with E-state index in [1.165, 1.54) is 0 Å². The summed E-state index contributed by atoms with van der Waals surface area (Å²) in [6, 6.07) is 0. The Bertz CT molecular complexity index is 209. The van der Waals surface area contributed by atoms with E-state index >= 15 is 0 Å². The zero-order valence-electron chi connectivity index (χ0n) is 7.81. The van der Waals surface area contributed by atoms with E-state index in [2.05, 4.69) is 4.74 Å². The van der Waals surface area contributed by atoms with Crippen LogP contribution in [0.2, 0.25) is 0 Å². The van der Waals surface area contributed by atoms with E-state index in [1.807, 2.05) is 0 Å². The number of hydrogen-bond donors (Lipinski definition) is 0. The number of rotatable bonds is 2. The molecule has 0 spiro atoms. The molecule has 0 radical (unpaired) electrons. The lowest BCUT2D eigenvalue weighted by Crippen LogP contribution is -2.33. The van der Waals surface area contributed by atoms with Crippen LogP contribution in [-0.4, -0.2) is 21.1 Å². The maximum Gasteiger partial charge on any atom is 0.511 e. The van der Waals surface area contributed by atoms with Crippen molar-refractivity contribution in [3.63, 3.8) is 0 Å². The van der Waals surface area contributed by atoms with Gasteiger partial charge in [-0.25, -0.2) is 4.79 Å². The molecule has 3 nitrogen and oxygen atoms in total. The summed E-state index contributed by atoms with van der Waals surface area (Å²) in [5.41, 5.74) is -0.699. The molecule has 7 heteroatoms. The van der Waals surface area contributed by atoms with Gasteiger partial charge in [-0.15, -0.1) is 0 Å². The van der Waals surface area contributed by atoms with Gasteiger partial charge in [0.1, 0.15) is 5.60 Å². The second kappa shape index (κ2) is 4.97. The van der Waals surface area contributed by atoms with Gasteiger partial charge >= 0.3 is 6.16 Å². The third kappa shape index (κ3) is 6.02. The summed E-state index contributed by atoms with van der Waals surface area (Å²) in [6.45, 7) is 4.99. The summed E-state index contributed by atoms with van der Waals surface area (Å²) in [5.74, 6) is 0. The van der Waals surface area contributed by atoms with Gasteiger partial charge in [0.2, 0.25) is 0 Å². The van der Waals surface area contributed by atoms with Crippen molar-refractivity contribution >= 4 is 52.6 Å². The maximum absolute atomic E-state index is 11.0. The van der Waals surface area contributed by atoms with Crippen LogP contribution in [0.15, 0.2) is 0 Å². The van der Waals surface area contributed by atoms with Crippen molar-refractivity contribution in [2.24, 2.45) is 0 Å². The van der Waals surface area contributed by atoms with Crippen molar-refractivity contribution in [1.82, 2.24) is 0 Å². The second-order valence-corrected chi connectivity index (χ2v) is 5.84. The molecule has 0 heterocycles. The molecule has 0 aromatic carbocycles. The zero-order chi connectivity index (χ0) is 11.6. The highest BCUT2D eigenvalue weighted by Gasteiger charge is 2.38. The molecule has 0 aliphatic carbocycles. The second-order valence-electron chi connectivity index (χ2n) is 3.43. The molecular weight excluding hydrogens is 274 g/mol. The van der Waals surface area contributed by atoms with Crippen molar-refractivity contribution in [3.8, 4) is 0 Å². The van der Waals surface area contributed by atoms with Crippen LogP contribution in [0.4, 0.5) is 4.79 Å². The molecule has 0 aromatic heterocycles. The molecule has 0 atom stereocenters. The summed E-state index contributed by atoms with van der Waals surface area (Å²) in [4.78, 5) is 9.78. The highest BCUT2D eigenvalue weighted by atomic mass is 35.5. The number of halogens is 4. The van der Waals surface area contributed by atoms with Crippen LogP contribution in [0.1, 0.15) is 20.8 Å². The van der Waals surface area contributed by atoms with Crippen LogP contribution >= 0.6 is 46.4 Å². The number of hydrogen-bond acceptors (Lipinski definition) is 3. The van der Waals surface area contributed by atoms with Gasteiger partial charge in [0.25, 0.3) is 4.52 Å². The third-order valence-corrected chi connectivity index (χ3v) is 2.52. The fraction of sp³-hybridized carbons (Fsp3) is 0.857. The fourth-order valence-electron chi connectivity index (χ4n) is 0.426. The Morgan fingerprint density at radius 3 is 1.86 bits per heavy atom. The predicted molar refractivity (Wildman–Crippen MR) is 57.3 cm³/mol. The number of ether oxygens (including phenoxy) is 2. The minimum absolute atomic E-state index is 0.699. The van der Waals surface area contributed by atoms with Crippen LogP contribution in [0.5, 0.6) is 0 Å². The van der Waals surface area contributed by atoms with E-state index in [0.717, 1.165) is 0 Å². The molecule has 84 valence electrons. The highest BCUT2D eigenvalue weighted by Crippen LogP contribution is 2.34. The summed E-state index contributed by atoms with van der Waals surface area (Å²) >= 11 is 21.7. The Morgan fingerprint density at radius 1 is 1.14 bits per heavy atom. The number of carbonyl (C=O) groups excluding carboxylic acids is 1. The van der Waals surface area contributed by atoms with Gasteiger partial charge in [-0.1, -0.05) is 46.4 Å². The Kier molecular flexibility index (Phi) is 5.12. The van der Waals surface area contributed by atoms with Crippen LogP contribution in [-0.2, 0) is 9.47 Å². The number of carbonyl (C=O) groups is 1. The summed E-state index contributed by atoms with van der Waals surface area (Å²) in [5, 5.41) is 0. The molecule has 0 aromatic rings. The normalized spacial score (nSPS) is 12.9. The number of alkyl halides is 4. The first-order chi connectivity index (χ1) is 6.04. The quantitative estimate of drug-likeness (QED) is 0.570. The van der Waals surface area contributed by atoms with E-state index in [4.69, 9.17) is 51.1 Å². The SMILES string of the molecule is CC(C)(C)OC(=O)OC(Cl)(Cl)C(Cl)Cl. The van der Waals surface area contributed by atoms with Gasteiger partial charge in [-0.3, -0.25) is 0 Å². The third-order valence-electron chi connectivity index (χ3n) is 0.863. The lowest BCUT2D eigenvalue weighted by molar-refractivity contribution is -0.0182. The lowest BCUT2D eigenvalue weighted by Gasteiger charge is -2.24. The average molecular weight is 284 g/mol. The summed E-state index contributed by atoms with van der Waals surface area (Å²) in [7, 11) is 0. The Balaban J connectivity index is 4.20. The summed E-state index contributed by atoms with van der Waals surface area (Å²) < 4.78 is 7.25. The lowest BCUT2D eigenvalue weighted by atomic mass is 10.2. The molecule has 0 fully saturated rings. The van der Waals surface area contributed by atoms with E-state index in [9.17, 15) is 4.79 Å².